The highest BCUT2D eigenvalue weighted by atomic mass is 16.5. The molecule has 0 spiro atoms. The molecule has 0 fully saturated rings. The third-order valence-electron chi connectivity index (χ3n) is 5.05. The van der Waals surface area contributed by atoms with E-state index in [0.29, 0.717) is 12.1 Å². The highest BCUT2D eigenvalue weighted by Gasteiger charge is 2.07. The Morgan fingerprint density at radius 3 is 2.52 bits per heavy atom. The van der Waals surface area contributed by atoms with Gasteiger partial charge in [-0.3, -0.25) is 0 Å². The highest BCUT2D eigenvalue weighted by Crippen LogP contribution is 2.27. The minimum Gasteiger partial charge on any atom is -0.460 e. The van der Waals surface area contributed by atoms with E-state index in [1.54, 1.807) is 6.08 Å². The van der Waals surface area contributed by atoms with E-state index in [9.17, 15) is 10.1 Å². The van der Waals surface area contributed by atoms with Crippen molar-refractivity contribution in [3.05, 3.63) is 89.5 Å². The van der Waals surface area contributed by atoms with Gasteiger partial charge >= 0.3 is 5.97 Å². The van der Waals surface area contributed by atoms with E-state index in [-0.39, 0.29) is 12.1 Å². The fourth-order valence-electron chi connectivity index (χ4n) is 3.38. The number of hydrogen-bond donors (Lipinski definition) is 1. The largest absolute Gasteiger partial charge is 0.460 e. The molecule has 0 saturated heterocycles. The van der Waals surface area contributed by atoms with Crippen molar-refractivity contribution in [2.75, 3.05) is 24.3 Å². The molecule has 0 atom stereocenters. The molecule has 0 aliphatic heterocycles. The van der Waals surface area contributed by atoms with Crippen molar-refractivity contribution in [2.24, 2.45) is 0 Å². The number of anilines is 2. The van der Waals surface area contributed by atoms with E-state index in [0.717, 1.165) is 33.6 Å². The van der Waals surface area contributed by atoms with E-state index in [4.69, 9.17) is 4.74 Å². The summed E-state index contributed by atoms with van der Waals surface area (Å²) in [5, 5.41) is 13.1. The standard InChI is InChI=1S/C28H29N3O2/c1-20(2)33-28(32)15-9-21-6-5-7-25(17-21)30-19-22-8-14-27(24(16-22)18-29)23-10-12-26(13-11-23)31(3)4/h5-17,20,30H,19H2,1-4H3/b15-9+. The highest BCUT2D eigenvalue weighted by molar-refractivity contribution is 5.87. The zero-order valence-corrected chi connectivity index (χ0v) is 19.5. The number of nitrogens with zero attached hydrogens (tertiary/aromatic N) is 2. The van der Waals surface area contributed by atoms with Crippen molar-refractivity contribution in [3.63, 3.8) is 0 Å². The Morgan fingerprint density at radius 1 is 1.09 bits per heavy atom. The predicted octanol–water partition coefficient (Wildman–Crippen LogP) is 5.87. The van der Waals surface area contributed by atoms with Gasteiger partial charge in [-0.05, 0) is 72.5 Å². The molecule has 0 radical (unpaired) electrons. The summed E-state index contributed by atoms with van der Waals surface area (Å²) in [6.45, 7) is 4.22. The van der Waals surface area contributed by atoms with Crippen molar-refractivity contribution < 1.29 is 9.53 Å². The lowest BCUT2D eigenvalue weighted by atomic mass is 9.98. The molecule has 0 heterocycles. The zero-order chi connectivity index (χ0) is 23.8. The summed E-state index contributed by atoms with van der Waals surface area (Å²) in [7, 11) is 4.01. The third-order valence-corrected chi connectivity index (χ3v) is 5.05. The lowest BCUT2D eigenvalue weighted by Gasteiger charge is -2.14. The van der Waals surface area contributed by atoms with Crippen molar-refractivity contribution in [1.82, 2.24) is 0 Å². The summed E-state index contributed by atoms with van der Waals surface area (Å²) in [6.07, 6.45) is 3.03. The second-order valence-corrected chi connectivity index (χ2v) is 8.23. The Kier molecular flexibility index (Phi) is 7.88. The predicted molar refractivity (Wildman–Crippen MR) is 135 cm³/mol. The van der Waals surface area contributed by atoms with Crippen LogP contribution in [0.2, 0.25) is 0 Å². The van der Waals surface area contributed by atoms with Gasteiger partial charge in [0.05, 0.1) is 17.7 Å². The molecule has 33 heavy (non-hydrogen) atoms. The van der Waals surface area contributed by atoms with E-state index >= 15 is 0 Å². The van der Waals surface area contributed by atoms with Crippen molar-refractivity contribution in [1.29, 1.82) is 5.26 Å². The summed E-state index contributed by atoms with van der Waals surface area (Å²) in [5.74, 6) is -0.358. The van der Waals surface area contributed by atoms with E-state index in [1.807, 2.05) is 87.4 Å². The SMILES string of the molecule is CC(C)OC(=O)/C=C/c1cccc(NCc2ccc(-c3ccc(N(C)C)cc3)c(C#N)c2)c1. The van der Waals surface area contributed by atoms with Crippen molar-refractivity contribution in [3.8, 4) is 17.2 Å². The summed E-state index contributed by atoms with van der Waals surface area (Å²) in [6, 6.07) is 24.3. The Bertz CT molecular complexity index is 1170. The molecular weight excluding hydrogens is 410 g/mol. The minimum atomic E-state index is -0.358. The van der Waals surface area contributed by atoms with Gasteiger partial charge in [-0.1, -0.05) is 36.4 Å². The molecule has 3 rings (SSSR count). The van der Waals surface area contributed by atoms with Crippen LogP contribution in [-0.2, 0) is 16.1 Å². The third kappa shape index (κ3) is 6.72. The molecule has 3 aromatic rings. The molecule has 3 aromatic carbocycles. The van der Waals surface area contributed by atoms with Gasteiger partial charge in [-0.15, -0.1) is 0 Å². The second-order valence-electron chi connectivity index (χ2n) is 8.23. The number of ether oxygens (including phenoxy) is 1. The maximum atomic E-state index is 11.7. The number of carbonyl (C=O) groups excluding carboxylic acids is 1. The fourth-order valence-corrected chi connectivity index (χ4v) is 3.38. The molecule has 0 aliphatic carbocycles. The van der Waals surface area contributed by atoms with Crippen LogP contribution in [0.1, 0.15) is 30.5 Å². The van der Waals surface area contributed by atoms with Crippen LogP contribution in [0, 0.1) is 11.3 Å². The smallest absolute Gasteiger partial charge is 0.331 e. The van der Waals surface area contributed by atoms with E-state index in [1.165, 1.54) is 6.08 Å². The molecule has 0 saturated carbocycles. The van der Waals surface area contributed by atoms with Crippen LogP contribution in [0.5, 0.6) is 0 Å². The number of hydrogen-bond acceptors (Lipinski definition) is 5. The number of esters is 1. The Labute approximate surface area is 195 Å². The van der Waals surface area contributed by atoms with Crippen LogP contribution in [-0.4, -0.2) is 26.2 Å². The van der Waals surface area contributed by atoms with Gasteiger partial charge in [0.1, 0.15) is 0 Å². The van der Waals surface area contributed by atoms with Gasteiger partial charge in [-0.25, -0.2) is 4.79 Å². The lowest BCUT2D eigenvalue weighted by molar-refractivity contribution is -0.141. The normalized spacial score (nSPS) is 10.8. The van der Waals surface area contributed by atoms with Crippen LogP contribution >= 0.6 is 0 Å². The lowest BCUT2D eigenvalue weighted by Crippen LogP contribution is -2.08. The van der Waals surface area contributed by atoms with E-state index < -0.39 is 0 Å². The monoisotopic (exact) mass is 439 g/mol. The molecule has 5 nitrogen and oxygen atoms in total. The molecule has 0 amide bonds. The maximum absolute atomic E-state index is 11.7. The summed E-state index contributed by atoms with van der Waals surface area (Å²) < 4.78 is 5.12. The van der Waals surface area contributed by atoms with Crippen molar-refractivity contribution in [2.45, 2.75) is 26.5 Å². The van der Waals surface area contributed by atoms with Crippen LogP contribution in [0.3, 0.4) is 0 Å². The first-order valence-electron chi connectivity index (χ1n) is 10.9. The first kappa shape index (κ1) is 23.6. The van der Waals surface area contributed by atoms with Crippen LogP contribution < -0.4 is 10.2 Å². The molecule has 0 bridgehead atoms. The van der Waals surface area contributed by atoms with Gasteiger partial charge < -0.3 is 15.0 Å². The quantitative estimate of drug-likeness (QED) is 0.351. The minimum absolute atomic E-state index is 0.141. The average molecular weight is 440 g/mol. The van der Waals surface area contributed by atoms with Gasteiger partial charge in [0.15, 0.2) is 0 Å². The van der Waals surface area contributed by atoms with Crippen LogP contribution in [0.15, 0.2) is 72.8 Å². The summed E-state index contributed by atoms with van der Waals surface area (Å²) in [4.78, 5) is 13.8. The number of rotatable bonds is 8. The van der Waals surface area contributed by atoms with Gasteiger partial charge in [0, 0.05) is 38.1 Å². The number of benzene rings is 3. The molecule has 0 aromatic heterocycles. The first-order chi connectivity index (χ1) is 15.9. The molecule has 168 valence electrons. The van der Waals surface area contributed by atoms with Gasteiger partial charge in [0.2, 0.25) is 0 Å². The molecular formula is C28H29N3O2. The van der Waals surface area contributed by atoms with Crippen LogP contribution in [0.25, 0.3) is 17.2 Å². The van der Waals surface area contributed by atoms with Gasteiger partial charge in [-0.2, -0.15) is 5.26 Å². The van der Waals surface area contributed by atoms with Crippen LogP contribution in [0.4, 0.5) is 11.4 Å². The Morgan fingerprint density at radius 2 is 1.85 bits per heavy atom. The molecule has 0 unspecified atom stereocenters. The van der Waals surface area contributed by atoms with Crippen molar-refractivity contribution >= 4 is 23.4 Å². The Hall–Kier alpha value is -4.04. The van der Waals surface area contributed by atoms with E-state index in [2.05, 4.69) is 23.5 Å². The number of nitrogens with one attached hydrogen (secondary N) is 1. The van der Waals surface area contributed by atoms with Gasteiger partial charge in [0.25, 0.3) is 0 Å². The fraction of sp³-hybridized carbons (Fsp3) is 0.214. The second kappa shape index (κ2) is 11.0. The molecule has 0 aliphatic rings. The summed E-state index contributed by atoms with van der Waals surface area (Å²) in [5.41, 5.74) is 6.55. The molecule has 5 heteroatoms. The maximum Gasteiger partial charge on any atom is 0.331 e. The first-order valence-corrected chi connectivity index (χ1v) is 10.9. The Balaban J connectivity index is 1.69. The zero-order valence-electron chi connectivity index (χ0n) is 19.5. The average Bonchev–Trinajstić information content (AvgIpc) is 2.81. The molecule has 1 N–H and O–H groups in total. The number of nitriles is 1. The summed E-state index contributed by atoms with van der Waals surface area (Å²) >= 11 is 0. The number of carbonyl (C=O) groups is 1. The topological polar surface area (TPSA) is 65.4 Å².